The lowest BCUT2D eigenvalue weighted by atomic mass is 9.44. The zero-order chi connectivity index (χ0) is 27.9. The molecule has 0 N–H and O–H groups in total. The summed E-state index contributed by atoms with van der Waals surface area (Å²) in [5.74, 6) is 6.52. The second-order valence-corrected chi connectivity index (χ2v) is 15.6. The highest BCUT2D eigenvalue weighted by Crippen LogP contribution is 2.69. The van der Waals surface area contributed by atoms with Crippen LogP contribution in [0.4, 0.5) is 0 Å². The summed E-state index contributed by atoms with van der Waals surface area (Å²) < 4.78 is 0. The van der Waals surface area contributed by atoms with Crippen LogP contribution in [0.25, 0.3) is 5.57 Å². The molecule has 0 heterocycles. The van der Waals surface area contributed by atoms with E-state index in [4.69, 9.17) is 0 Å². The van der Waals surface area contributed by atoms with Crippen LogP contribution in [-0.4, -0.2) is 0 Å². The molecule has 40 heavy (non-hydrogen) atoms. The van der Waals surface area contributed by atoms with E-state index in [0.717, 1.165) is 41.4 Å². The summed E-state index contributed by atoms with van der Waals surface area (Å²) in [6.07, 6.45) is 17.3. The third-order valence-electron chi connectivity index (χ3n) is 13.2. The first-order chi connectivity index (χ1) is 19.3. The molecule has 216 valence electrons. The molecule has 0 heteroatoms. The number of benzene rings is 2. The molecule has 8 atom stereocenters. The molecule has 4 aliphatic carbocycles. The van der Waals surface area contributed by atoms with Crippen molar-refractivity contribution >= 4 is 5.57 Å². The van der Waals surface area contributed by atoms with Crippen LogP contribution in [0.15, 0.2) is 66.2 Å². The maximum atomic E-state index is 2.76. The van der Waals surface area contributed by atoms with E-state index in [0.29, 0.717) is 10.8 Å². The summed E-state index contributed by atoms with van der Waals surface area (Å²) in [4.78, 5) is 0. The van der Waals surface area contributed by atoms with E-state index in [1.165, 1.54) is 93.7 Å². The fraction of sp³-hybridized carbons (Fsp3) is 0.650. The molecule has 0 aromatic heterocycles. The van der Waals surface area contributed by atoms with Crippen LogP contribution >= 0.6 is 0 Å². The van der Waals surface area contributed by atoms with Gasteiger partial charge in [-0.1, -0.05) is 120 Å². The summed E-state index contributed by atoms with van der Waals surface area (Å²) in [6, 6.07) is 22.5. The van der Waals surface area contributed by atoms with Crippen molar-refractivity contribution in [3.8, 4) is 0 Å². The molecule has 0 nitrogen and oxygen atoms in total. The molecule has 4 aliphatic rings. The van der Waals surface area contributed by atoms with E-state index >= 15 is 0 Å². The lowest BCUT2D eigenvalue weighted by Crippen LogP contribution is -2.53. The maximum absolute atomic E-state index is 2.76. The van der Waals surface area contributed by atoms with Crippen LogP contribution < -0.4 is 0 Å². The zero-order valence-electron chi connectivity index (χ0n) is 26.3. The van der Waals surface area contributed by atoms with Crippen LogP contribution in [0.3, 0.4) is 0 Å². The van der Waals surface area contributed by atoms with Gasteiger partial charge in [-0.3, -0.25) is 0 Å². The summed E-state index contributed by atoms with van der Waals surface area (Å²) in [5, 5.41) is 0. The summed E-state index contributed by atoms with van der Waals surface area (Å²) in [7, 11) is 0. The average molecular weight is 537 g/mol. The molecular weight excluding hydrogens is 480 g/mol. The Morgan fingerprint density at radius 3 is 2.02 bits per heavy atom. The van der Waals surface area contributed by atoms with Crippen molar-refractivity contribution in [1.29, 1.82) is 0 Å². The van der Waals surface area contributed by atoms with Crippen LogP contribution in [0.1, 0.15) is 123 Å². The Hall–Kier alpha value is -1.82. The Morgan fingerprint density at radius 1 is 0.725 bits per heavy atom. The van der Waals surface area contributed by atoms with Gasteiger partial charge in [-0.15, -0.1) is 0 Å². The lowest BCUT2D eigenvalue weighted by molar-refractivity contribution is -0.108. The van der Waals surface area contributed by atoms with Gasteiger partial charge in [-0.25, -0.2) is 0 Å². The van der Waals surface area contributed by atoms with Gasteiger partial charge in [0.1, 0.15) is 0 Å². The van der Waals surface area contributed by atoms with Gasteiger partial charge in [0.05, 0.1) is 0 Å². The monoisotopic (exact) mass is 536 g/mol. The number of fused-ring (bicyclic) bond motifs is 5. The number of rotatable bonds is 7. The molecule has 0 bridgehead atoms. The smallest absolute Gasteiger partial charge is 0.0119 e. The number of allylic oxidation sites excluding steroid dienone is 1. The number of hydrogen-bond donors (Lipinski definition) is 0. The quantitative estimate of drug-likeness (QED) is 0.330. The van der Waals surface area contributed by atoms with Crippen molar-refractivity contribution in [2.45, 2.75) is 112 Å². The second-order valence-electron chi connectivity index (χ2n) is 15.6. The first-order valence-corrected chi connectivity index (χ1v) is 17.1. The van der Waals surface area contributed by atoms with E-state index in [2.05, 4.69) is 95.3 Å². The van der Waals surface area contributed by atoms with Gasteiger partial charge >= 0.3 is 0 Å². The second kappa shape index (κ2) is 11.5. The normalized spacial score (nSPS) is 36.0. The molecule has 0 saturated heterocycles. The average Bonchev–Trinajstić information content (AvgIpc) is 3.31. The van der Waals surface area contributed by atoms with Crippen molar-refractivity contribution in [2.75, 3.05) is 0 Å². The summed E-state index contributed by atoms with van der Waals surface area (Å²) >= 11 is 0. The van der Waals surface area contributed by atoms with Gasteiger partial charge in [0, 0.05) is 0 Å². The Labute approximate surface area is 246 Å². The first kappa shape index (κ1) is 28.3. The molecule has 0 amide bonds. The topological polar surface area (TPSA) is 0 Å². The standard InChI is InChI=1S/C40H56/c1-28(2)13-12-14-29(3)35-21-22-36-34-20-19-33-27-32(23-25-39(33,4)37(34)24-26-40(35,36)5)38(30-15-8-6-9-16-30)31-17-10-7-11-18-31/h6-11,15-18,28-29,33-37H,12-14,19-27H2,1-5H3/t29-,33?,34+,35-,36+,37+,39+,40-/m1/s1. The fourth-order valence-electron chi connectivity index (χ4n) is 11.1. The van der Waals surface area contributed by atoms with Crippen LogP contribution in [0, 0.1) is 52.3 Å². The largest absolute Gasteiger partial charge is 0.0628 e. The Morgan fingerprint density at radius 2 is 1.38 bits per heavy atom. The van der Waals surface area contributed by atoms with Crippen LogP contribution in [-0.2, 0) is 0 Å². The molecule has 0 aliphatic heterocycles. The van der Waals surface area contributed by atoms with Crippen LogP contribution in [0.2, 0.25) is 0 Å². The third kappa shape index (κ3) is 5.05. The predicted molar refractivity (Wildman–Crippen MR) is 172 cm³/mol. The van der Waals surface area contributed by atoms with Crippen molar-refractivity contribution in [3.05, 3.63) is 77.4 Å². The Bertz CT molecular complexity index is 1120. The molecular formula is C40H56. The number of hydrogen-bond acceptors (Lipinski definition) is 0. The fourth-order valence-corrected chi connectivity index (χ4v) is 11.1. The highest BCUT2D eigenvalue weighted by Gasteiger charge is 2.60. The minimum Gasteiger partial charge on any atom is -0.0628 e. The molecule has 2 aromatic rings. The van der Waals surface area contributed by atoms with Gasteiger partial charge in [0.15, 0.2) is 0 Å². The molecule has 0 spiro atoms. The van der Waals surface area contributed by atoms with Crippen molar-refractivity contribution in [3.63, 3.8) is 0 Å². The minimum absolute atomic E-state index is 0.535. The Balaban J connectivity index is 1.22. The Kier molecular flexibility index (Phi) is 8.11. The summed E-state index contributed by atoms with van der Waals surface area (Å²) in [5.41, 5.74) is 7.23. The molecule has 4 saturated carbocycles. The molecule has 1 unspecified atom stereocenters. The summed E-state index contributed by atoms with van der Waals surface area (Å²) in [6.45, 7) is 12.9. The van der Waals surface area contributed by atoms with Gasteiger partial charge in [-0.05, 0) is 127 Å². The van der Waals surface area contributed by atoms with Gasteiger partial charge in [0.2, 0.25) is 0 Å². The van der Waals surface area contributed by atoms with E-state index in [1.54, 1.807) is 5.57 Å². The molecule has 0 radical (unpaired) electrons. The molecule has 4 fully saturated rings. The van der Waals surface area contributed by atoms with E-state index in [1.807, 2.05) is 0 Å². The predicted octanol–water partition coefficient (Wildman–Crippen LogP) is 11.6. The van der Waals surface area contributed by atoms with Gasteiger partial charge < -0.3 is 0 Å². The van der Waals surface area contributed by atoms with Gasteiger partial charge in [-0.2, -0.15) is 0 Å². The highest BCUT2D eigenvalue weighted by atomic mass is 14.6. The van der Waals surface area contributed by atoms with E-state index < -0.39 is 0 Å². The van der Waals surface area contributed by atoms with E-state index in [9.17, 15) is 0 Å². The molecule has 6 rings (SSSR count). The van der Waals surface area contributed by atoms with Gasteiger partial charge in [0.25, 0.3) is 0 Å². The van der Waals surface area contributed by atoms with Crippen molar-refractivity contribution < 1.29 is 0 Å². The van der Waals surface area contributed by atoms with Crippen molar-refractivity contribution in [2.24, 2.45) is 52.3 Å². The van der Waals surface area contributed by atoms with E-state index in [-0.39, 0.29) is 0 Å². The highest BCUT2D eigenvalue weighted by molar-refractivity contribution is 5.82. The third-order valence-corrected chi connectivity index (χ3v) is 13.2. The van der Waals surface area contributed by atoms with Crippen molar-refractivity contribution in [1.82, 2.24) is 0 Å². The molecule has 2 aromatic carbocycles. The lowest BCUT2D eigenvalue weighted by Gasteiger charge is -2.61. The maximum Gasteiger partial charge on any atom is -0.0119 e. The van der Waals surface area contributed by atoms with Crippen LogP contribution in [0.5, 0.6) is 0 Å². The SMILES string of the molecule is CC(C)CCC[C@@H](C)[C@H]1CC[C@H]2[C@@H]3CCC4CC(=C(c5ccccc5)c5ccccc5)CC[C@]4(C)[C@H]3CC[C@]12C. The zero-order valence-corrected chi connectivity index (χ0v) is 26.3. The first-order valence-electron chi connectivity index (χ1n) is 17.1. The minimum atomic E-state index is 0.535.